The zero-order chi connectivity index (χ0) is 11.7. The molecule has 0 unspecified atom stereocenters. The molecule has 5 nitrogen and oxygen atoms in total. The normalized spacial score (nSPS) is 10.4. The first kappa shape index (κ1) is 10.8. The second-order valence-corrected chi connectivity index (χ2v) is 3.96. The summed E-state index contributed by atoms with van der Waals surface area (Å²) < 4.78 is 6.63. The SMILES string of the molecule is COC(=O)c1cc(=O)n2ccc(Br)cc2n1. The Labute approximate surface area is 98.8 Å². The Morgan fingerprint density at radius 3 is 2.94 bits per heavy atom. The van der Waals surface area contributed by atoms with Crippen LogP contribution in [0.4, 0.5) is 0 Å². The van der Waals surface area contributed by atoms with E-state index in [4.69, 9.17) is 0 Å². The van der Waals surface area contributed by atoms with Crippen LogP contribution in [-0.2, 0) is 4.74 Å². The fourth-order valence-electron chi connectivity index (χ4n) is 1.29. The lowest BCUT2D eigenvalue weighted by molar-refractivity contribution is 0.0594. The van der Waals surface area contributed by atoms with E-state index in [1.807, 2.05) is 0 Å². The lowest BCUT2D eigenvalue weighted by Gasteiger charge is -2.02. The van der Waals surface area contributed by atoms with Gasteiger partial charge in [0.1, 0.15) is 5.65 Å². The van der Waals surface area contributed by atoms with Crippen LogP contribution >= 0.6 is 15.9 Å². The standard InChI is InChI=1S/C10H7BrN2O3/c1-16-10(15)7-5-9(14)13-3-2-6(11)4-8(13)12-7/h2-5H,1H3. The van der Waals surface area contributed by atoms with Crippen molar-refractivity contribution in [3.63, 3.8) is 0 Å². The van der Waals surface area contributed by atoms with E-state index >= 15 is 0 Å². The summed E-state index contributed by atoms with van der Waals surface area (Å²) in [6.07, 6.45) is 1.58. The van der Waals surface area contributed by atoms with Crippen LogP contribution in [-0.4, -0.2) is 22.5 Å². The summed E-state index contributed by atoms with van der Waals surface area (Å²) in [5.41, 5.74) is 0.0748. The molecule has 0 saturated heterocycles. The molecule has 0 aromatic carbocycles. The second-order valence-electron chi connectivity index (χ2n) is 3.04. The third kappa shape index (κ3) is 1.83. The molecule has 16 heavy (non-hydrogen) atoms. The van der Waals surface area contributed by atoms with Crippen molar-refractivity contribution < 1.29 is 9.53 Å². The van der Waals surface area contributed by atoms with Crippen LogP contribution < -0.4 is 5.56 Å². The average molecular weight is 283 g/mol. The van der Waals surface area contributed by atoms with Crippen LogP contribution in [0.3, 0.4) is 0 Å². The molecule has 6 heteroatoms. The van der Waals surface area contributed by atoms with E-state index in [0.717, 1.165) is 10.5 Å². The molecule has 0 saturated carbocycles. The highest BCUT2D eigenvalue weighted by Gasteiger charge is 2.10. The number of halogens is 1. The lowest BCUT2D eigenvalue weighted by Crippen LogP contribution is -2.18. The van der Waals surface area contributed by atoms with Crippen molar-refractivity contribution >= 4 is 27.5 Å². The fourth-order valence-corrected chi connectivity index (χ4v) is 1.61. The van der Waals surface area contributed by atoms with Crippen molar-refractivity contribution in [1.82, 2.24) is 9.38 Å². The highest BCUT2D eigenvalue weighted by Crippen LogP contribution is 2.10. The number of hydrogen-bond acceptors (Lipinski definition) is 4. The van der Waals surface area contributed by atoms with Crippen LogP contribution in [0, 0.1) is 0 Å². The van der Waals surface area contributed by atoms with Crippen LogP contribution in [0.1, 0.15) is 10.5 Å². The molecule has 2 aromatic rings. The molecule has 2 rings (SSSR count). The fraction of sp³-hybridized carbons (Fsp3) is 0.100. The number of carbonyl (C=O) groups is 1. The molecule has 0 N–H and O–H groups in total. The van der Waals surface area contributed by atoms with Gasteiger partial charge in [-0.15, -0.1) is 0 Å². The van der Waals surface area contributed by atoms with Crippen molar-refractivity contribution in [3.8, 4) is 0 Å². The van der Waals surface area contributed by atoms with Gasteiger partial charge in [-0.3, -0.25) is 9.20 Å². The maximum atomic E-state index is 11.6. The molecule has 0 bridgehead atoms. The maximum Gasteiger partial charge on any atom is 0.356 e. The summed E-state index contributed by atoms with van der Waals surface area (Å²) >= 11 is 3.26. The molecule has 0 radical (unpaired) electrons. The Hall–Kier alpha value is -1.69. The molecule has 0 aliphatic rings. The molecule has 0 spiro atoms. The Morgan fingerprint density at radius 1 is 1.50 bits per heavy atom. The van der Waals surface area contributed by atoms with Crippen LogP contribution in [0.15, 0.2) is 33.7 Å². The number of esters is 1. The third-order valence-electron chi connectivity index (χ3n) is 2.02. The van der Waals surface area contributed by atoms with Crippen LogP contribution in [0.2, 0.25) is 0 Å². The van der Waals surface area contributed by atoms with Crippen molar-refractivity contribution in [1.29, 1.82) is 0 Å². The number of nitrogens with zero attached hydrogens (tertiary/aromatic N) is 2. The predicted octanol–water partition coefficient (Wildman–Crippen LogP) is 1.24. The van der Waals surface area contributed by atoms with Gasteiger partial charge in [0.2, 0.25) is 0 Å². The highest BCUT2D eigenvalue weighted by atomic mass is 79.9. The van der Waals surface area contributed by atoms with Crippen molar-refractivity contribution in [2.45, 2.75) is 0 Å². The number of carbonyl (C=O) groups excluding carboxylic acids is 1. The Kier molecular flexibility index (Phi) is 2.74. The van der Waals surface area contributed by atoms with Gasteiger partial charge >= 0.3 is 5.97 Å². The molecule has 0 amide bonds. The van der Waals surface area contributed by atoms with Gasteiger partial charge in [-0.1, -0.05) is 15.9 Å². The summed E-state index contributed by atoms with van der Waals surface area (Å²) in [5, 5.41) is 0. The van der Waals surface area contributed by atoms with E-state index < -0.39 is 5.97 Å². The number of methoxy groups -OCH3 is 1. The summed E-state index contributed by atoms with van der Waals surface area (Å²) in [4.78, 5) is 26.9. The summed E-state index contributed by atoms with van der Waals surface area (Å²) in [5.74, 6) is -0.625. The van der Waals surface area contributed by atoms with E-state index in [-0.39, 0.29) is 11.3 Å². The van der Waals surface area contributed by atoms with Gasteiger partial charge in [-0.25, -0.2) is 9.78 Å². The molecular formula is C10H7BrN2O3. The van der Waals surface area contributed by atoms with E-state index in [1.54, 1.807) is 18.3 Å². The predicted molar refractivity (Wildman–Crippen MR) is 60.5 cm³/mol. The quantitative estimate of drug-likeness (QED) is 0.739. The molecule has 2 aromatic heterocycles. The first-order valence-corrected chi connectivity index (χ1v) is 5.18. The number of pyridine rings is 1. The molecular weight excluding hydrogens is 276 g/mol. The topological polar surface area (TPSA) is 60.7 Å². The van der Waals surface area contributed by atoms with Gasteiger partial charge in [0, 0.05) is 16.7 Å². The van der Waals surface area contributed by atoms with E-state index in [9.17, 15) is 9.59 Å². The summed E-state index contributed by atoms with van der Waals surface area (Å²) in [6.45, 7) is 0. The lowest BCUT2D eigenvalue weighted by atomic mass is 10.4. The largest absolute Gasteiger partial charge is 0.464 e. The molecule has 0 aliphatic heterocycles. The highest BCUT2D eigenvalue weighted by molar-refractivity contribution is 9.10. The molecule has 0 fully saturated rings. The Bertz CT molecular complexity index is 621. The summed E-state index contributed by atoms with van der Waals surface area (Å²) in [7, 11) is 1.24. The maximum absolute atomic E-state index is 11.6. The minimum absolute atomic E-state index is 0.00519. The second kappa shape index (κ2) is 4.05. The Balaban J connectivity index is 2.75. The van der Waals surface area contributed by atoms with E-state index in [0.29, 0.717) is 5.65 Å². The number of rotatable bonds is 1. The zero-order valence-electron chi connectivity index (χ0n) is 8.31. The number of aromatic nitrogens is 2. The molecule has 82 valence electrons. The summed E-state index contributed by atoms with van der Waals surface area (Å²) in [6, 6.07) is 4.51. The molecule has 2 heterocycles. The molecule has 0 atom stereocenters. The number of ether oxygens (including phenoxy) is 1. The van der Waals surface area contributed by atoms with Gasteiger partial charge in [-0.05, 0) is 12.1 Å². The zero-order valence-corrected chi connectivity index (χ0v) is 9.89. The van der Waals surface area contributed by atoms with Crippen molar-refractivity contribution in [2.75, 3.05) is 7.11 Å². The van der Waals surface area contributed by atoms with Crippen LogP contribution in [0.5, 0.6) is 0 Å². The van der Waals surface area contributed by atoms with Gasteiger partial charge in [0.25, 0.3) is 5.56 Å². The average Bonchev–Trinajstić information content (AvgIpc) is 2.27. The van der Waals surface area contributed by atoms with Gasteiger partial charge in [0.15, 0.2) is 5.69 Å². The first-order valence-electron chi connectivity index (χ1n) is 4.39. The van der Waals surface area contributed by atoms with Gasteiger partial charge in [0.05, 0.1) is 7.11 Å². The Morgan fingerprint density at radius 2 is 2.25 bits per heavy atom. The van der Waals surface area contributed by atoms with E-state index in [1.165, 1.54) is 11.5 Å². The molecule has 0 aliphatic carbocycles. The first-order chi connectivity index (χ1) is 7.61. The van der Waals surface area contributed by atoms with Gasteiger partial charge in [-0.2, -0.15) is 0 Å². The monoisotopic (exact) mass is 282 g/mol. The smallest absolute Gasteiger partial charge is 0.356 e. The third-order valence-corrected chi connectivity index (χ3v) is 2.52. The minimum atomic E-state index is -0.625. The van der Waals surface area contributed by atoms with E-state index in [2.05, 4.69) is 25.7 Å². The van der Waals surface area contributed by atoms with Crippen molar-refractivity contribution in [3.05, 3.63) is 44.9 Å². The minimum Gasteiger partial charge on any atom is -0.464 e. The van der Waals surface area contributed by atoms with Crippen LogP contribution in [0.25, 0.3) is 5.65 Å². The number of fused-ring (bicyclic) bond motifs is 1. The number of hydrogen-bond donors (Lipinski definition) is 0. The van der Waals surface area contributed by atoms with Gasteiger partial charge < -0.3 is 4.74 Å². The van der Waals surface area contributed by atoms with Crippen molar-refractivity contribution in [2.24, 2.45) is 0 Å².